The van der Waals surface area contributed by atoms with E-state index >= 15 is 0 Å². The van der Waals surface area contributed by atoms with Gasteiger partial charge in [0.2, 0.25) is 10.0 Å². The number of aliphatic carboxylic acids is 1. The smallest absolute Gasteiger partial charge is 0.306 e. The Morgan fingerprint density at radius 1 is 1.33 bits per heavy atom. The number of hydrogen-bond acceptors (Lipinski definition) is 3. The topological polar surface area (TPSA) is 83.5 Å². The van der Waals surface area contributed by atoms with Gasteiger partial charge in [-0.1, -0.05) is 0 Å². The summed E-state index contributed by atoms with van der Waals surface area (Å²) >= 11 is 0. The van der Waals surface area contributed by atoms with Gasteiger partial charge in [-0.15, -0.1) is 0 Å². The molecule has 1 aliphatic carbocycles. The molecule has 1 saturated carbocycles. The van der Waals surface area contributed by atoms with Gasteiger partial charge in [-0.05, 0) is 32.6 Å². The molecule has 0 spiro atoms. The number of rotatable bonds is 4. The van der Waals surface area contributed by atoms with E-state index in [0.717, 1.165) is 0 Å². The Morgan fingerprint density at radius 2 is 1.87 bits per heavy atom. The zero-order valence-corrected chi connectivity index (χ0v) is 9.59. The number of sulfonamides is 1. The highest BCUT2D eigenvalue weighted by Crippen LogP contribution is 2.24. The zero-order chi connectivity index (χ0) is 11.5. The third kappa shape index (κ3) is 3.79. The Bertz CT molecular complexity index is 317. The average molecular weight is 235 g/mol. The molecule has 88 valence electrons. The molecular formula is C9H17NO4S. The van der Waals surface area contributed by atoms with E-state index in [1.165, 1.54) is 0 Å². The van der Waals surface area contributed by atoms with E-state index in [4.69, 9.17) is 5.11 Å². The second-order valence-corrected chi connectivity index (χ2v) is 5.95. The quantitative estimate of drug-likeness (QED) is 0.746. The van der Waals surface area contributed by atoms with Crippen molar-refractivity contribution in [1.29, 1.82) is 0 Å². The third-order valence-corrected chi connectivity index (χ3v) is 4.26. The predicted molar refractivity (Wildman–Crippen MR) is 56.0 cm³/mol. The zero-order valence-electron chi connectivity index (χ0n) is 8.77. The largest absolute Gasteiger partial charge is 0.481 e. The van der Waals surface area contributed by atoms with Crippen LogP contribution in [0.3, 0.4) is 0 Å². The highest BCUT2D eigenvalue weighted by molar-refractivity contribution is 7.89. The summed E-state index contributed by atoms with van der Waals surface area (Å²) in [6.45, 7) is 1.59. The molecule has 1 rings (SSSR count). The number of hydrogen-bond donors (Lipinski definition) is 2. The molecule has 0 heterocycles. The van der Waals surface area contributed by atoms with Gasteiger partial charge in [-0.25, -0.2) is 13.1 Å². The van der Waals surface area contributed by atoms with Crippen molar-refractivity contribution in [3.05, 3.63) is 0 Å². The molecular weight excluding hydrogens is 218 g/mol. The molecule has 0 saturated heterocycles. The Morgan fingerprint density at radius 3 is 2.27 bits per heavy atom. The highest BCUT2D eigenvalue weighted by Gasteiger charge is 2.27. The Hall–Kier alpha value is -0.620. The third-order valence-electron chi connectivity index (χ3n) is 2.80. The van der Waals surface area contributed by atoms with E-state index in [-0.39, 0.29) is 17.7 Å². The summed E-state index contributed by atoms with van der Waals surface area (Å²) in [5, 5.41) is 8.76. The van der Waals surface area contributed by atoms with Gasteiger partial charge < -0.3 is 5.11 Å². The first-order chi connectivity index (χ1) is 6.94. The van der Waals surface area contributed by atoms with Gasteiger partial charge in [-0.3, -0.25) is 4.79 Å². The fourth-order valence-electron chi connectivity index (χ4n) is 1.80. The molecule has 0 unspecified atom stereocenters. The van der Waals surface area contributed by atoms with Crippen LogP contribution in [0.2, 0.25) is 0 Å². The minimum Gasteiger partial charge on any atom is -0.481 e. The fourth-order valence-corrected chi connectivity index (χ4v) is 2.71. The molecule has 0 bridgehead atoms. The minimum atomic E-state index is -3.15. The van der Waals surface area contributed by atoms with E-state index in [1.54, 1.807) is 6.92 Å². The van der Waals surface area contributed by atoms with Gasteiger partial charge in [0.1, 0.15) is 0 Å². The molecule has 0 aliphatic heterocycles. The Labute approximate surface area is 89.9 Å². The Kier molecular flexibility index (Phi) is 4.10. The molecule has 0 radical (unpaired) electrons. The van der Waals surface area contributed by atoms with Crippen LogP contribution in [-0.2, 0) is 14.8 Å². The number of carbonyl (C=O) groups is 1. The van der Waals surface area contributed by atoms with E-state index < -0.39 is 16.0 Å². The van der Waals surface area contributed by atoms with Crippen LogP contribution >= 0.6 is 0 Å². The lowest BCUT2D eigenvalue weighted by molar-refractivity contribution is -0.142. The van der Waals surface area contributed by atoms with Crippen molar-refractivity contribution in [2.75, 3.05) is 5.75 Å². The SMILES string of the molecule is CCS(=O)(=O)NC1CCC(C(=O)O)CC1. The number of nitrogens with one attached hydrogen (secondary N) is 1. The standard InChI is InChI=1S/C9H17NO4S/c1-2-15(13,14)10-8-5-3-7(4-6-8)9(11)12/h7-8,10H,2-6H2,1H3,(H,11,12). The summed E-state index contributed by atoms with van der Waals surface area (Å²) in [4.78, 5) is 10.7. The minimum absolute atomic E-state index is 0.0753. The van der Waals surface area contributed by atoms with Crippen molar-refractivity contribution in [2.24, 2.45) is 5.92 Å². The van der Waals surface area contributed by atoms with Crippen LogP contribution in [0.4, 0.5) is 0 Å². The molecule has 6 heteroatoms. The maximum Gasteiger partial charge on any atom is 0.306 e. The van der Waals surface area contributed by atoms with Gasteiger partial charge in [0.15, 0.2) is 0 Å². The van der Waals surface area contributed by atoms with Crippen molar-refractivity contribution in [3.63, 3.8) is 0 Å². The van der Waals surface area contributed by atoms with Crippen molar-refractivity contribution in [3.8, 4) is 0 Å². The fraction of sp³-hybridized carbons (Fsp3) is 0.889. The van der Waals surface area contributed by atoms with Crippen LogP contribution in [0.5, 0.6) is 0 Å². The van der Waals surface area contributed by atoms with Crippen molar-refractivity contribution < 1.29 is 18.3 Å². The molecule has 5 nitrogen and oxygen atoms in total. The molecule has 1 aliphatic rings. The maximum absolute atomic E-state index is 11.3. The summed E-state index contributed by atoms with van der Waals surface area (Å²) < 4.78 is 25.1. The molecule has 15 heavy (non-hydrogen) atoms. The summed E-state index contributed by atoms with van der Waals surface area (Å²) in [7, 11) is -3.15. The number of carboxylic acid groups (broad SMARTS) is 1. The van der Waals surface area contributed by atoms with Crippen LogP contribution < -0.4 is 4.72 Å². The first-order valence-corrected chi connectivity index (χ1v) is 6.82. The van der Waals surface area contributed by atoms with E-state index in [1.807, 2.05) is 0 Å². The molecule has 0 amide bonds. The van der Waals surface area contributed by atoms with Crippen LogP contribution in [0.25, 0.3) is 0 Å². The van der Waals surface area contributed by atoms with Gasteiger partial charge in [0.05, 0.1) is 11.7 Å². The first kappa shape index (κ1) is 12.4. The summed E-state index contributed by atoms with van der Waals surface area (Å²) in [5.41, 5.74) is 0. The molecule has 0 aromatic heterocycles. The average Bonchev–Trinajstić information content (AvgIpc) is 2.18. The van der Waals surface area contributed by atoms with Crippen molar-refractivity contribution >= 4 is 16.0 Å². The predicted octanol–water partition coefficient (Wildman–Crippen LogP) is 0.569. The lowest BCUT2D eigenvalue weighted by atomic mass is 9.87. The maximum atomic E-state index is 11.3. The van der Waals surface area contributed by atoms with E-state index in [2.05, 4.69) is 4.72 Å². The van der Waals surface area contributed by atoms with Gasteiger partial charge >= 0.3 is 5.97 Å². The van der Waals surface area contributed by atoms with Crippen LogP contribution in [-0.4, -0.2) is 31.3 Å². The van der Waals surface area contributed by atoms with E-state index in [0.29, 0.717) is 25.7 Å². The molecule has 2 N–H and O–H groups in total. The second kappa shape index (κ2) is 4.94. The lowest BCUT2D eigenvalue weighted by Crippen LogP contribution is -2.39. The van der Waals surface area contributed by atoms with Gasteiger partial charge in [0.25, 0.3) is 0 Å². The Balaban J connectivity index is 2.42. The van der Waals surface area contributed by atoms with Gasteiger partial charge in [0, 0.05) is 6.04 Å². The second-order valence-electron chi connectivity index (χ2n) is 3.91. The molecule has 0 aromatic rings. The van der Waals surface area contributed by atoms with Gasteiger partial charge in [-0.2, -0.15) is 0 Å². The molecule has 0 aromatic carbocycles. The van der Waals surface area contributed by atoms with E-state index in [9.17, 15) is 13.2 Å². The molecule has 1 fully saturated rings. The first-order valence-electron chi connectivity index (χ1n) is 5.17. The van der Waals surface area contributed by atoms with Crippen LogP contribution in [0, 0.1) is 5.92 Å². The number of carboxylic acids is 1. The summed E-state index contributed by atoms with van der Waals surface area (Å²) in [6, 6.07) is -0.0782. The summed E-state index contributed by atoms with van der Waals surface area (Å²) in [5.74, 6) is -0.995. The monoisotopic (exact) mass is 235 g/mol. The van der Waals surface area contributed by atoms with Crippen LogP contribution in [0.1, 0.15) is 32.6 Å². The van der Waals surface area contributed by atoms with Crippen molar-refractivity contribution in [2.45, 2.75) is 38.6 Å². The lowest BCUT2D eigenvalue weighted by Gasteiger charge is -2.26. The highest BCUT2D eigenvalue weighted by atomic mass is 32.2. The van der Waals surface area contributed by atoms with Crippen LogP contribution in [0.15, 0.2) is 0 Å². The normalized spacial score (nSPS) is 27.5. The molecule has 0 atom stereocenters. The van der Waals surface area contributed by atoms with Crippen molar-refractivity contribution in [1.82, 2.24) is 4.72 Å². The summed E-state index contributed by atoms with van der Waals surface area (Å²) in [6.07, 6.45) is 2.37.